The third kappa shape index (κ3) is 2.86. The van der Waals surface area contributed by atoms with Crippen LogP contribution in [0.5, 0.6) is 0 Å². The minimum absolute atomic E-state index is 0.0228. The van der Waals surface area contributed by atoms with E-state index in [-0.39, 0.29) is 15.7 Å². The third-order valence-electron chi connectivity index (χ3n) is 2.81. The average Bonchev–Trinajstić information content (AvgIpc) is 2.36. The minimum atomic E-state index is -0.576. The van der Waals surface area contributed by atoms with Crippen LogP contribution in [-0.2, 0) is 0 Å². The van der Waals surface area contributed by atoms with E-state index in [0.717, 1.165) is 17.7 Å². The van der Waals surface area contributed by atoms with E-state index in [1.807, 2.05) is 0 Å². The zero-order chi connectivity index (χ0) is 14.9. The molecule has 1 amide bonds. The first-order chi connectivity index (χ1) is 9.40. The standard InChI is InChI=1S/C14H11Cl2FN2O/c1-7-3-2-4-9(12(7)18)14(20)19-13-10(15)5-8(17)6-11(13)16/h2-6H,18H2,1H3,(H,19,20). The van der Waals surface area contributed by atoms with E-state index in [9.17, 15) is 9.18 Å². The van der Waals surface area contributed by atoms with Crippen LogP contribution in [0.15, 0.2) is 30.3 Å². The quantitative estimate of drug-likeness (QED) is 0.813. The molecule has 0 unspecified atom stereocenters. The molecule has 0 spiro atoms. The maximum Gasteiger partial charge on any atom is 0.257 e. The summed E-state index contributed by atoms with van der Waals surface area (Å²) in [5.41, 5.74) is 7.47. The van der Waals surface area contributed by atoms with Gasteiger partial charge in [-0.15, -0.1) is 0 Å². The van der Waals surface area contributed by atoms with Crippen LogP contribution >= 0.6 is 23.2 Å². The highest BCUT2D eigenvalue weighted by atomic mass is 35.5. The number of nitrogens with two attached hydrogens (primary N) is 1. The Morgan fingerprint density at radius 2 is 1.85 bits per heavy atom. The van der Waals surface area contributed by atoms with E-state index in [4.69, 9.17) is 28.9 Å². The van der Waals surface area contributed by atoms with Gasteiger partial charge in [0.1, 0.15) is 5.82 Å². The lowest BCUT2D eigenvalue weighted by atomic mass is 10.1. The van der Waals surface area contributed by atoms with E-state index >= 15 is 0 Å². The van der Waals surface area contributed by atoms with Crippen LogP contribution in [0.4, 0.5) is 15.8 Å². The number of benzene rings is 2. The Labute approximate surface area is 125 Å². The van der Waals surface area contributed by atoms with E-state index < -0.39 is 11.7 Å². The third-order valence-corrected chi connectivity index (χ3v) is 3.41. The van der Waals surface area contributed by atoms with Crippen molar-refractivity contribution in [2.45, 2.75) is 6.92 Å². The molecule has 0 radical (unpaired) electrons. The lowest BCUT2D eigenvalue weighted by Crippen LogP contribution is -2.15. The van der Waals surface area contributed by atoms with Gasteiger partial charge in [0.2, 0.25) is 0 Å². The second-order valence-corrected chi connectivity index (χ2v) is 5.05. The molecule has 0 aromatic heterocycles. The van der Waals surface area contributed by atoms with Gasteiger partial charge in [-0.2, -0.15) is 0 Å². The van der Waals surface area contributed by atoms with Gasteiger partial charge in [-0.3, -0.25) is 4.79 Å². The average molecular weight is 313 g/mol. The molecule has 0 saturated carbocycles. The molecule has 2 rings (SSSR count). The monoisotopic (exact) mass is 312 g/mol. The Morgan fingerprint density at radius 3 is 2.45 bits per heavy atom. The predicted molar refractivity (Wildman–Crippen MR) is 80.0 cm³/mol. The van der Waals surface area contributed by atoms with Gasteiger partial charge in [-0.1, -0.05) is 35.3 Å². The number of carbonyl (C=O) groups excluding carboxylic acids is 1. The van der Waals surface area contributed by atoms with Crippen molar-refractivity contribution in [2.75, 3.05) is 11.1 Å². The number of hydrogen-bond acceptors (Lipinski definition) is 2. The van der Waals surface area contributed by atoms with Gasteiger partial charge in [0.15, 0.2) is 0 Å². The second kappa shape index (κ2) is 5.69. The van der Waals surface area contributed by atoms with Crippen LogP contribution in [0.2, 0.25) is 10.0 Å². The summed E-state index contributed by atoms with van der Waals surface area (Å²) in [6.45, 7) is 1.80. The predicted octanol–water partition coefficient (Wildman–Crippen LogP) is 4.28. The number of carbonyl (C=O) groups is 1. The minimum Gasteiger partial charge on any atom is -0.398 e. The molecular weight excluding hydrogens is 302 g/mol. The summed E-state index contributed by atoms with van der Waals surface area (Å²) < 4.78 is 13.1. The van der Waals surface area contributed by atoms with Crippen molar-refractivity contribution >= 4 is 40.5 Å². The Hall–Kier alpha value is -1.78. The summed E-state index contributed by atoms with van der Waals surface area (Å²) in [5, 5.41) is 2.59. The van der Waals surface area contributed by atoms with Crippen molar-refractivity contribution in [1.82, 2.24) is 0 Å². The van der Waals surface area contributed by atoms with Gasteiger partial charge in [0.25, 0.3) is 5.91 Å². The largest absolute Gasteiger partial charge is 0.398 e. The number of para-hydroxylation sites is 1. The van der Waals surface area contributed by atoms with Crippen molar-refractivity contribution in [3.63, 3.8) is 0 Å². The van der Waals surface area contributed by atoms with Crippen LogP contribution in [0, 0.1) is 12.7 Å². The van der Waals surface area contributed by atoms with Crippen LogP contribution in [-0.4, -0.2) is 5.91 Å². The zero-order valence-corrected chi connectivity index (χ0v) is 12.0. The molecule has 0 aliphatic rings. The van der Waals surface area contributed by atoms with Crippen LogP contribution in [0.25, 0.3) is 0 Å². The Balaban J connectivity index is 2.36. The molecule has 104 valence electrons. The molecule has 0 saturated heterocycles. The van der Waals surface area contributed by atoms with E-state index in [1.165, 1.54) is 0 Å². The summed E-state index contributed by atoms with van der Waals surface area (Å²) in [6.07, 6.45) is 0. The number of aryl methyl sites for hydroxylation is 1. The first-order valence-corrected chi connectivity index (χ1v) is 6.46. The molecule has 3 nitrogen and oxygen atoms in total. The highest BCUT2D eigenvalue weighted by Crippen LogP contribution is 2.32. The summed E-state index contributed by atoms with van der Waals surface area (Å²) >= 11 is 11.7. The number of nitrogen functional groups attached to an aromatic ring is 1. The maximum absolute atomic E-state index is 13.1. The molecule has 0 heterocycles. The van der Waals surface area contributed by atoms with Crippen molar-refractivity contribution in [3.8, 4) is 0 Å². The van der Waals surface area contributed by atoms with Gasteiger partial charge in [0.05, 0.1) is 21.3 Å². The van der Waals surface area contributed by atoms with E-state index in [1.54, 1.807) is 25.1 Å². The van der Waals surface area contributed by atoms with Crippen LogP contribution in [0.1, 0.15) is 15.9 Å². The summed E-state index contributed by atoms with van der Waals surface area (Å²) in [7, 11) is 0. The maximum atomic E-state index is 13.1. The number of nitrogens with one attached hydrogen (secondary N) is 1. The first kappa shape index (κ1) is 14.6. The smallest absolute Gasteiger partial charge is 0.257 e. The number of hydrogen-bond donors (Lipinski definition) is 2. The van der Waals surface area contributed by atoms with Gasteiger partial charge in [0, 0.05) is 5.69 Å². The molecule has 20 heavy (non-hydrogen) atoms. The normalized spacial score (nSPS) is 10.4. The second-order valence-electron chi connectivity index (χ2n) is 4.23. The molecule has 0 aliphatic carbocycles. The van der Waals surface area contributed by atoms with Gasteiger partial charge in [-0.25, -0.2) is 4.39 Å². The zero-order valence-electron chi connectivity index (χ0n) is 10.5. The van der Waals surface area contributed by atoms with Crippen molar-refractivity contribution < 1.29 is 9.18 Å². The fourth-order valence-electron chi connectivity index (χ4n) is 1.72. The van der Waals surface area contributed by atoms with Gasteiger partial charge in [-0.05, 0) is 30.7 Å². The summed E-state index contributed by atoms with van der Waals surface area (Å²) in [6, 6.07) is 7.24. The first-order valence-electron chi connectivity index (χ1n) is 5.71. The van der Waals surface area contributed by atoms with Gasteiger partial charge >= 0.3 is 0 Å². The fraction of sp³-hybridized carbons (Fsp3) is 0.0714. The summed E-state index contributed by atoms with van der Waals surface area (Å²) in [4.78, 5) is 12.2. The molecule has 3 N–H and O–H groups in total. The fourth-order valence-corrected chi connectivity index (χ4v) is 2.28. The van der Waals surface area contributed by atoms with Gasteiger partial charge < -0.3 is 11.1 Å². The molecule has 0 atom stereocenters. The molecule has 6 heteroatoms. The van der Waals surface area contributed by atoms with Crippen molar-refractivity contribution in [1.29, 1.82) is 0 Å². The van der Waals surface area contributed by atoms with Crippen molar-refractivity contribution in [2.24, 2.45) is 0 Å². The highest BCUT2D eigenvalue weighted by Gasteiger charge is 2.15. The molecule has 0 fully saturated rings. The SMILES string of the molecule is Cc1cccc(C(=O)Nc2c(Cl)cc(F)cc2Cl)c1N. The van der Waals surface area contributed by atoms with E-state index in [0.29, 0.717) is 11.3 Å². The molecule has 0 bridgehead atoms. The topological polar surface area (TPSA) is 55.1 Å². The van der Waals surface area contributed by atoms with E-state index in [2.05, 4.69) is 5.32 Å². The number of halogens is 3. The summed E-state index contributed by atoms with van der Waals surface area (Å²) in [5.74, 6) is -1.03. The Morgan fingerprint density at radius 1 is 1.25 bits per heavy atom. The van der Waals surface area contributed by atoms with Crippen molar-refractivity contribution in [3.05, 3.63) is 57.3 Å². The number of amides is 1. The van der Waals surface area contributed by atoms with Crippen LogP contribution in [0.3, 0.4) is 0 Å². The molecular formula is C14H11Cl2FN2O. The highest BCUT2D eigenvalue weighted by molar-refractivity contribution is 6.40. The number of anilines is 2. The lowest BCUT2D eigenvalue weighted by Gasteiger charge is -2.11. The lowest BCUT2D eigenvalue weighted by molar-refractivity contribution is 0.102. The number of rotatable bonds is 2. The molecule has 2 aromatic carbocycles. The van der Waals surface area contributed by atoms with Crippen LogP contribution < -0.4 is 11.1 Å². The molecule has 2 aromatic rings. The molecule has 0 aliphatic heterocycles. The Bertz CT molecular complexity index is 666. The Kier molecular flexibility index (Phi) is 4.16.